The number of Topliss-reactive ketones (excluding diaryl/α,β-unsaturated/α-hetero) is 1. The van der Waals surface area contributed by atoms with E-state index in [1.165, 1.54) is 48.5 Å². The summed E-state index contributed by atoms with van der Waals surface area (Å²) in [5.41, 5.74) is 1.03. The van der Waals surface area contributed by atoms with Crippen molar-refractivity contribution in [1.82, 2.24) is 16.0 Å². The maximum Gasteiger partial charge on any atom is 0.412 e. The number of carboxylic acids is 1. The minimum Gasteiger partial charge on any atom is -0.508 e. The number of carbonyl (C=O) groups excluding carboxylic acids is 3. The number of carbonyl (C=O) groups is 4. The average Bonchev–Trinajstić information content (AvgIpc) is 2.92. The normalized spacial score (nSPS) is 15.0. The molecule has 2 amide bonds. The van der Waals surface area contributed by atoms with Crippen LogP contribution in [0.2, 0.25) is 0 Å². The van der Waals surface area contributed by atoms with Gasteiger partial charge in [-0.15, -0.1) is 0 Å². The fourth-order valence-corrected chi connectivity index (χ4v) is 4.03. The van der Waals surface area contributed by atoms with Gasteiger partial charge in [0.1, 0.15) is 11.6 Å². The number of ether oxygens (including phenoxy) is 2. The number of amides is 2. The largest absolute Gasteiger partial charge is 0.508 e. The lowest BCUT2D eigenvalue weighted by atomic mass is 9.98. The van der Waals surface area contributed by atoms with E-state index in [-0.39, 0.29) is 36.3 Å². The first-order valence-electron chi connectivity index (χ1n) is 12.5. The number of carboxylic acid groups (broad SMARTS) is 1. The SMILES string of the molecule is CCOC(=O)NC(=N)c1ccc(C(=O)NC(CC(=O)C(OC2CCNCC2)C(=O)O)c2ccc(O)cc2)cc1. The van der Waals surface area contributed by atoms with E-state index < -0.39 is 35.9 Å². The molecule has 2 aromatic rings. The number of phenolic OH excluding ortho intramolecular Hbond substituents is 1. The van der Waals surface area contributed by atoms with Crippen molar-refractivity contribution in [1.29, 1.82) is 5.41 Å². The van der Waals surface area contributed by atoms with Crippen LogP contribution in [0.25, 0.3) is 0 Å². The number of hydrogen-bond acceptors (Lipinski definition) is 9. The van der Waals surface area contributed by atoms with Crippen molar-refractivity contribution in [2.24, 2.45) is 0 Å². The van der Waals surface area contributed by atoms with Gasteiger partial charge in [-0.2, -0.15) is 0 Å². The summed E-state index contributed by atoms with van der Waals surface area (Å²) in [6.45, 7) is 3.11. The van der Waals surface area contributed by atoms with Gasteiger partial charge in [-0.25, -0.2) is 9.59 Å². The Balaban J connectivity index is 1.74. The van der Waals surface area contributed by atoms with Crippen LogP contribution in [-0.4, -0.2) is 71.7 Å². The van der Waals surface area contributed by atoms with Gasteiger partial charge in [-0.3, -0.25) is 20.3 Å². The van der Waals surface area contributed by atoms with Crippen LogP contribution in [0.3, 0.4) is 0 Å². The predicted octanol–water partition coefficient (Wildman–Crippen LogP) is 2.12. The third kappa shape index (κ3) is 8.62. The lowest BCUT2D eigenvalue weighted by molar-refractivity contribution is -0.161. The van der Waals surface area contributed by atoms with Crippen LogP contribution in [0.15, 0.2) is 48.5 Å². The summed E-state index contributed by atoms with van der Waals surface area (Å²) >= 11 is 0. The first-order valence-corrected chi connectivity index (χ1v) is 12.5. The zero-order valence-corrected chi connectivity index (χ0v) is 21.4. The lowest BCUT2D eigenvalue weighted by Gasteiger charge is -2.27. The fourth-order valence-electron chi connectivity index (χ4n) is 4.03. The van der Waals surface area contributed by atoms with Crippen LogP contribution in [0, 0.1) is 5.41 Å². The fraction of sp³-hybridized carbons (Fsp3) is 0.370. The van der Waals surface area contributed by atoms with Gasteiger partial charge in [0.25, 0.3) is 5.91 Å². The quantitative estimate of drug-likeness (QED) is 0.141. The van der Waals surface area contributed by atoms with Gasteiger partial charge >= 0.3 is 12.1 Å². The molecule has 0 spiro atoms. The van der Waals surface area contributed by atoms with Gasteiger partial charge in [-0.05, 0) is 62.7 Å². The Labute approximate surface area is 225 Å². The summed E-state index contributed by atoms with van der Waals surface area (Å²) in [5, 5.41) is 35.5. The number of hydrogen-bond donors (Lipinski definition) is 6. The van der Waals surface area contributed by atoms with E-state index in [2.05, 4.69) is 16.0 Å². The molecule has 0 aliphatic carbocycles. The summed E-state index contributed by atoms with van der Waals surface area (Å²) in [7, 11) is 0. The molecule has 0 radical (unpaired) electrons. The molecule has 1 aliphatic rings. The van der Waals surface area contributed by atoms with E-state index >= 15 is 0 Å². The Morgan fingerprint density at radius 1 is 1.03 bits per heavy atom. The minimum absolute atomic E-state index is 0.0118. The molecule has 208 valence electrons. The van der Waals surface area contributed by atoms with Gasteiger partial charge in [0.15, 0.2) is 5.78 Å². The van der Waals surface area contributed by atoms with Gasteiger partial charge < -0.3 is 30.3 Å². The highest BCUT2D eigenvalue weighted by molar-refractivity contribution is 6.05. The third-order valence-electron chi connectivity index (χ3n) is 6.08. The summed E-state index contributed by atoms with van der Waals surface area (Å²) < 4.78 is 10.4. The maximum atomic E-state index is 13.1. The number of nitrogens with one attached hydrogen (secondary N) is 4. The Morgan fingerprint density at radius 2 is 1.64 bits per heavy atom. The van der Waals surface area contributed by atoms with Crippen LogP contribution >= 0.6 is 0 Å². The molecular formula is C27H32N4O8. The topological polar surface area (TPSA) is 187 Å². The minimum atomic E-state index is -1.68. The van der Waals surface area contributed by atoms with E-state index in [1.807, 2.05) is 0 Å². The highest BCUT2D eigenvalue weighted by Crippen LogP contribution is 2.23. The molecule has 6 N–H and O–H groups in total. The monoisotopic (exact) mass is 540 g/mol. The summed E-state index contributed by atoms with van der Waals surface area (Å²) in [5.74, 6) is -2.87. The Hall–Kier alpha value is -4.29. The molecule has 0 saturated carbocycles. The Kier molecular flexibility index (Phi) is 10.5. The third-order valence-corrected chi connectivity index (χ3v) is 6.08. The number of aliphatic carboxylic acids is 1. The highest BCUT2D eigenvalue weighted by atomic mass is 16.5. The molecule has 0 bridgehead atoms. The van der Waals surface area contributed by atoms with Crippen molar-refractivity contribution in [2.75, 3.05) is 19.7 Å². The van der Waals surface area contributed by atoms with Crippen molar-refractivity contribution in [3.8, 4) is 5.75 Å². The van der Waals surface area contributed by atoms with E-state index in [1.54, 1.807) is 6.92 Å². The lowest BCUT2D eigenvalue weighted by Crippen LogP contribution is -2.42. The number of aromatic hydroxyl groups is 1. The molecule has 0 aromatic heterocycles. The van der Waals surface area contributed by atoms with Crippen LogP contribution in [0.5, 0.6) is 5.75 Å². The predicted molar refractivity (Wildman–Crippen MR) is 140 cm³/mol. The maximum absolute atomic E-state index is 13.1. The van der Waals surface area contributed by atoms with Crippen molar-refractivity contribution in [2.45, 2.75) is 44.4 Å². The number of piperidine rings is 1. The van der Waals surface area contributed by atoms with Crippen LogP contribution < -0.4 is 16.0 Å². The van der Waals surface area contributed by atoms with Crippen molar-refractivity contribution < 1.29 is 38.9 Å². The number of benzene rings is 2. The second-order valence-electron chi connectivity index (χ2n) is 8.89. The van der Waals surface area contributed by atoms with Gasteiger partial charge in [0.2, 0.25) is 6.10 Å². The smallest absolute Gasteiger partial charge is 0.412 e. The number of ketones is 1. The Bertz CT molecular complexity index is 1180. The van der Waals surface area contributed by atoms with E-state index in [4.69, 9.17) is 14.9 Å². The molecule has 1 aliphatic heterocycles. The van der Waals surface area contributed by atoms with Gasteiger partial charge in [-0.1, -0.05) is 24.3 Å². The van der Waals surface area contributed by atoms with Crippen LogP contribution in [-0.2, 0) is 19.1 Å². The molecule has 1 saturated heterocycles. The average molecular weight is 541 g/mol. The second-order valence-corrected chi connectivity index (χ2v) is 8.89. The Morgan fingerprint density at radius 3 is 2.23 bits per heavy atom. The molecule has 39 heavy (non-hydrogen) atoms. The summed E-state index contributed by atoms with van der Waals surface area (Å²) in [6, 6.07) is 10.8. The molecule has 12 heteroatoms. The molecule has 1 heterocycles. The molecule has 2 aromatic carbocycles. The summed E-state index contributed by atoms with van der Waals surface area (Å²) in [6.07, 6.45) is -2.01. The molecule has 1 fully saturated rings. The number of amidine groups is 1. The zero-order valence-electron chi connectivity index (χ0n) is 21.4. The van der Waals surface area contributed by atoms with Crippen molar-refractivity contribution >= 4 is 29.6 Å². The highest BCUT2D eigenvalue weighted by Gasteiger charge is 2.33. The van der Waals surface area contributed by atoms with Crippen molar-refractivity contribution in [3.63, 3.8) is 0 Å². The van der Waals surface area contributed by atoms with E-state index in [0.29, 0.717) is 37.1 Å². The van der Waals surface area contributed by atoms with E-state index in [0.717, 1.165) is 0 Å². The van der Waals surface area contributed by atoms with Gasteiger partial charge in [0, 0.05) is 17.5 Å². The first-order chi connectivity index (χ1) is 18.7. The molecule has 2 atom stereocenters. The van der Waals surface area contributed by atoms with Crippen molar-refractivity contribution in [3.05, 3.63) is 65.2 Å². The molecule has 2 unspecified atom stereocenters. The van der Waals surface area contributed by atoms with Crippen LogP contribution in [0.4, 0.5) is 4.79 Å². The standard InChI is InChI=1S/C27H32N4O8/c1-2-38-27(37)31-24(28)17-3-5-18(6-4-17)25(34)30-21(16-7-9-19(32)10-8-16)15-22(33)23(26(35)36)39-20-11-13-29-14-12-20/h3-10,20-21,23,29,32H,2,11-15H2,1H3,(H,30,34)(H,35,36)(H2,28,31,37). The molecule has 12 nitrogen and oxygen atoms in total. The van der Waals surface area contributed by atoms with Gasteiger partial charge in [0.05, 0.1) is 18.8 Å². The van der Waals surface area contributed by atoms with Crippen LogP contribution in [0.1, 0.15) is 53.7 Å². The zero-order chi connectivity index (χ0) is 28.4. The molecule has 3 rings (SSSR count). The second kappa shape index (κ2) is 14.0. The number of rotatable bonds is 11. The summed E-state index contributed by atoms with van der Waals surface area (Å²) in [4.78, 5) is 49.6. The van der Waals surface area contributed by atoms with E-state index in [9.17, 15) is 29.4 Å². The number of alkyl carbamates (subject to hydrolysis) is 1. The first kappa shape index (κ1) is 29.3. The molecular weight excluding hydrogens is 508 g/mol. The number of phenols is 1.